The van der Waals surface area contributed by atoms with E-state index in [1.807, 2.05) is 60.5 Å². The number of fused-ring (bicyclic) bond motifs is 1. The number of nitrogens with zero attached hydrogens (tertiary/aromatic N) is 1. The van der Waals surface area contributed by atoms with Gasteiger partial charge in [-0.15, -0.1) is 11.3 Å². The molecule has 1 N–H and O–H groups in total. The van der Waals surface area contributed by atoms with Crippen molar-refractivity contribution in [2.75, 3.05) is 6.54 Å². The van der Waals surface area contributed by atoms with Crippen LogP contribution in [0, 0.1) is 5.92 Å². The molecular weight excluding hydrogens is 344 g/mol. The molecule has 2 atom stereocenters. The summed E-state index contributed by atoms with van der Waals surface area (Å²) >= 11 is 1.60. The molecule has 3 rings (SSSR count). The van der Waals surface area contributed by atoms with E-state index in [0.29, 0.717) is 18.0 Å². The molecule has 0 fully saturated rings. The molecule has 1 aromatic carbocycles. The first-order valence-corrected chi connectivity index (χ1v) is 10.0. The molecular formula is C21H26N2O2S. The number of hydrogen-bond donors (Lipinski definition) is 1. The number of nitrogens with one attached hydrogen (secondary N) is 1. The minimum absolute atomic E-state index is 0.0151. The van der Waals surface area contributed by atoms with Crippen LogP contribution in [0.2, 0.25) is 0 Å². The lowest BCUT2D eigenvalue weighted by molar-refractivity contribution is -0.124. The maximum absolute atomic E-state index is 13.2. The van der Waals surface area contributed by atoms with E-state index in [2.05, 4.69) is 19.2 Å². The van der Waals surface area contributed by atoms with Crippen LogP contribution in [0.15, 0.2) is 41.8 Å². The third-order valence-corrected chi connectivity index (χ3v) is 5.49. The Hall–Kier alpha value is -2.14. The first-order chi connectivity index (χ1) is 12.4. The first-order valence-electron chi connectivity index (χ1n) is 9.13. The van der Waals surface area contributed by atoms with E-state index in [9.17, 15) is 9.59 Å². The van der Waals surface area contributed by atoms with E-state index >= 15 is 0 Å². The highest BCUT2D eigenvalue weighted by Crippen LogP contribution is 2.44. The standard InChI is InChI=1S/C21H26N2O2S/c1-13(2)12-23-19(17-10-7-11-26-17)18(20(24)22-14(3)4)15-8-5-6-9-16(15)21(23)25/h5-11,13-14,18-19H,12H2,1-4H3,(H,22,24)/t18-,19+/m0/s1. The van der Waals surface area contributed by atoms with E-state index in [-0.39, 0.29) is 23.9 Å². The summed E-state index contributed by atoms with van der Waals surface area (Å²) in [5.74, 6) is -0.0856. The quantitative estimate of drug-likeness (QED) is 0.857. The number of hydrogen-bond acceptors (Lipinski definition) is 3. The summed E-state index contributed by atoms with van der Waals surface area (Å²) in [6.07, 6.45) is 0. The lowest BCUT2D eigenvalue weighted by Crippen LogP contribution is -2.49. The monoisotopic (exact) mass is 370 g/mol. The SMILES string of the molecule is CC(C)CN1C(=O)c2ccccc2[C@H](C(=O)NC(C)C)[C@H]1c1cccs1. The van der Waals surface area contributed by atoms with Gasteiger partial charge in [-0.1, -0.05) is 38.1 Å². The van der Waals surface area contributed by atoms with Crippen molar-refractivity contribution >= 4 is 23.2 Å². The minimum atomic E-state index is -0.399. The van der Waals surface area contributed by atoms with Crippen LogP contribution in [0.3, 0.4) is 0 Å². The first kappa shape index (κ1) is 18.6. The minimum Gasteiger partial charge on any atom is -0.353 e. The van der Waals surface area contributed by atoms with Crippen LogP contribution in [0.4, 0.5) is 0 Å². The van der Waals surface area contributed by atoms with Gasteiger partial charge in [0.05, 0.1) is 12.0 Å². The summed E-state index contributed by atoms with van der Waals surface area (Å²) in [5.41, 5.74) is 1.47. The van der Waals surface area contributed by atoms with Crippen LogP contribution >= 0.6 is 11.3 Å². The number of rotatable bonds is 5. The molecule has 1 aliphatic rings. The fourth-order valence-electron chi connectivity index (χ4n) is 3.62. The molecule has 0 spiro atoms. The Kier molecular flexibility index (Phi) is 5.47. The van der Waals surface area contributed by atoms with E-state index < -0.39 is 5.92 Å². The van der Waals surface area contributed by atoms with Crippen molar-refractivity contribution in [2.45, 2.75) is 45.7 Å². The van der Waals surface area contributed by atoms with Gasteiger partial charge in [-0.3, -0.25) is 9.59 Å². The summed E-state index contributed by atoms with van der Waals surface area (Å²) in [7, 11) is 0. The zero-order valence-corrected chi connectivity index (χ0v) is 16.5. The zero-order valence-electron chi connectivity index (χ0n) is 15.7. The summed E-state index contributed by atoms with van der Waals surface area (Å²) in [4.78, 5) is 29.4. The van der Waals surface area contributed by atoms with Gasteiger partial charge in [-0.05, 0) is 42.8 Å². The van der Waals surface area contributed by atoms with Gasteiger partial charge in [0.25, 0.3) is 5.91 Å². The maximum atomic E-state index is 13.2. The van der Waals surface area contributed by atoms with Crippen molar-refractivity contribution in [2.24, 2.45) is 5.92 Å². The van der Waals surface area contributed by atoms with Gasteiger partial charge < -0.3 is 10.2 Å². The fraction of sp³-hybridized carbons (Fsp3) is 0.429. The highest BCUT2D eigenvalue weighted by atomic mass is 32.1. The molecule has 2 heterocycles. The Morgan fingerprint density at radius 3 is 2.50 bits per heavy atom. The molecule has 0 aliphatic carbocycles. The molecule has 138 valence electrons. The normalized spacial score (nSPS) is 19.8. The number of carbonyl (C=O) groups excluding carboxylic acids is 2. The van der Waals surface area contributed by atoms with Crippen LogP contribution in [0.5, 0.6) is 0 Å². The number of amides is 2. The van der Waals surface area contributed by atoms with Gasteiger partial charge in [0.1, 0.15) is 0 Å². The average Bonchev–Trinajstić information content (AvgIpc) is 3.10. The Morgan fingerprint density at radius 1 is 1.15 bits per heavy atom. The second-order valence-electron chi connectivity index (χ2n) is 7.54. The van der Waals surface area contributed by atoms with Gasteiger partial charge >= 0.3 is 0 Å². The van der Waals surface area contributed by atoms with Gasteiger partial charge in [0, 0.05) is 23.0 Å². The summed E-state index contributed by atoms with van der Waals surface area (Å²) in [5, 5.41) is 5.07. The molecule has 2 amide bonds. The smallest absolute Gasteiger partial charge is 0.254 e. The Balaban J connectivity index is 2.16. The molecule has 2 aromatic rings. The van der Waals surface area contributed by atoms with Crippen LogP contribution in [0.1, 0.15) is 60.5 Å². The second kappa shape index (κ2) is 7.62. The number of carbonyl (C=O) groups is 2. The van der Waals surface area contributed by atoms with Crippen LogP contribution < -0.4 is 5.32 Å². The third kappa shape index (κ3) is 3.54. The fourth-order valence-corrected chi connectivity index (χ4v) is 4.49. The molecule has 0 unspecified atom stereocenters. The Bertz CT molecular complexity index is 783. The van der Waals surface area contributed by atoms with Gasteiger partial charge in [0.2, 0.25) is 5.91 Å². The average molecular weight is 371 g/mol. The van der Waals surface area contributed by atoms with Crippen molar-refractivity contribution in [1.82, 2.24) is 10.2 Å². The highest BCUT2D eigenvalue weighted by molar-refractivity contribution is 7.10. The van der Waals surface area contributed by atoms with Crippen LogP contribution in [-0.4, -0.2) is 29.3 Å². The van der Waals surface area contributed by atoms with Crippen LogP contribution in [-0.2, 0) is 4.79 Å². The van der Waals surface area contributed by atoms with E-state index in [4.69, 9.17) is 0 Å². The van der Waals surface area contributed by atoms with Gasteiger partial charge in [0.15, 0.2) is 0 Å². The van der Waals surface area contributed by atoms with E-state index in [0.717, 1.165) is 10.4 Å². The molecule has 26 heavy (non-hydrogen) atoms. The molecule has 0 saturated heterocycles. The number of thiophene rings is 1. The summed E-state index contributed by atoms with van der Waals surface area (Å²) < 4.78 is 0. The molecule has 0 radical (unpaired) electrons. The van der Waals surface area contributed by atoms with Crippen molar-refractivity contribution in [3.05, 3.63) is 57.8 Å². The van der Waals surface area contributed by atoms with E-state index in [1.165, 1.54) is 0 Å². The van der Waals surface area contributed by atoms with E-state index in [1.54, 1.807) is 11.3 Å². The van der Waals surface area contributed by atoms with Crippen LogP contribution in [0.25, 0.3) is 0 Å². The predicted molar refractivity (Wildman–Crippen MR) is 105 cm³/mol. The molecule has 0 saturated carbocycles. The molecule has 1 aromatic heterocycles. The topological polar surface area (TPSA) is 49.4 Å². The Labute approximate surface area is 159 Å². The second-order valence-corrected chi connectivity index (χ2v) is 8.52. The van der Waals surface area contributed by atoms with Crippen molar-refractivity contribution in [3.63, 3.8) is 0 Å². The molecule has 0 bridgehead atoms. The third-order valence-electron chi connectivity index (χ3n) is 4.55. The molecule has 5 heteroatoms. The lowest BCUT2D eigenvalue weighted by atomic mass is 9.81. The molecule has 1 aliphatic heterocycles. The summed E-state index contributed by atoms with van der Waals surface area (Å²) in [6.45, 7) is 8.75. The highest BCUT2D eigenvalue weighted by Gasteiger charge is 2.44. The van der Waals surface area contributed by atoms with Gasteiger partial charge in [-0.2, -0.15) is 0 Å². The van der Waals surface area contributed by atoms with Crippen molar-refractivity contribution < 1.29 is 9.59 Å². The van der Waals surface area contributed by atoms with Crippen molar-refractivity contribution in [1.29, 1.82) is 0 Å². The largest absolute Gasteiger partial charge is 0.353 e. The Morgan fingerprint density at radius 2 is 1.88 bits per heavy atom. The zero-order chi connectivity index (χ0) is 18.8. The maximum Gasteiger partial charge on any atom is 0.254 e. The lowest BCUT2D eigenvalue weighted by Gasteiger charge is -2.42. The predicted octanol–water partition coefficient (Wildman–Crippen LogP) is 4.21. The summed E-state index contributed by atoms with van der Waals surface area (Å²) in [6, 6.07) is 11.3. The number of benzene rings is 1. The molecule has 4 nitrogen and oxygen atoms in total. The van der Waals surface area contributed by atoms with Gasteiger partial charge in [-0.25, -0.2) is 0 Å². The van der Waals surface area contributed by atoms with Crippen molar-refractivity contribution in [3.8, 4) is 0 Å².